The van der Waals surface area contributed by atoms with Crippen LogP contribution < -0.4 is 14.8 Å². The standard InChI is InChI=1S/C18H21F2NO2/c1-13(2)22-16-9-7-14(8-10-16)11-21-12-15-5-3-4-6-17(15)23-18(19)20/h3-10,13,18,21H,11-12H2,1-2H3. The average Bonchev–Trinajstić information content (AvgIpc) is 2.50. The largest absolute Gasteiger partial charge is 0.491 e. The first-order chi connectivity index (χ1) is 11.0. The van der Waals surface area contributed by atoms with Crippen molar-refractivity contribution in [3.05, 3.63) is 59.7 Å². The molecule has 0 aliphatic heterocycles. The summed E-state index contributed by atoms with van der Waals surface area (Å²) in [7, 11) is 0. The van der Waals surface area contributed by atoms with Gasteiger partial charge in [-0.3, -0.25) is 0 Å². The molecule has 0 fully saturated rings. The summed E-state index contributed by atoms with van der Waals surface area (Å²) >= 11 is 0. The summed E-state index contributed by atoms with van der Waals surface area (Å²) in [6.45, 7) is 2.23. The normalized spacial score (nSPS) is 11.0. The summed E-state index contributed by atoms with van der Waals surface area (Å²) in [5.74, 6) is 1.04. The van der Waals surface area contributed by atoms with E-state index in [1.807, 2.05) is 38.1 Å². The molecule has 5 heteroatoms. The fourth-order valence-electron chi connectivity index (χ4n) is 2.16. The lowest BCUT2D eigenvalue weighted by Gasteiger charge is -2.12. The number of hydrogen-bond acceptors (Lipinski definition) is 3. The van der Waals surface area contributed by atoms with Crippen LogP contribution in [0.15, 0.2) is 48.5 Å². The Balaban J connectivity index is 1.87. The highest BCUT2D eigenvalue weighted by Crippen LogP contribution is 2.20. The Bertz CT molecular complexity index is 600. The molecule has 0 amide bonds. The molecule has 2 rings (SSSR count). The molecule has 0 heterocycles. The molecule has 0 bridgehead atoms. The molecule has 2 aromatic carbocycles. The smallest absolute Gasteiger partial charge is 0.387 e. The van der Waals surface area contributed by atoms with Crippen LogP contribution in [0.4, 0.5) is 8.78 Å². The average molecular weight is 321 g/mol. The second-order valence-electron chi connectivity index (χ2n) is 5.40. The quantitative estimate of drug-likeness (QED) is 0.783. The molecule has 124 valence electrons. The minimum atomic E-state index is -2.82. The molecular formula is C18H21F2NO2. The van der Waals surface area contributed by atoms with E-state index in [1.54, 1.807) is 24.3 Å². The van der Waals surface area contributed by atoms with Crippen LogP contribution in [0.3, 0.4) is 0 Å². The lowest BCUT2D eigenvalue weighted by molar-refractivity contribution is -0.0505. The van der Waals surface area contributed by atoms with Crippen molar-refractivity contribution in [1.82, 2.24) is 5.32 Å². The van der Waals surface area contributed by atoms with Gasteiger partial charge in [-0.15, -0.1) is 0 Å². The Morgan fingerprint density at radius 1 is 0.913 bits per heavy atom. The summed E-state index contributed by atoms with van der Waals surface area (Å²) in [5, 5.41) is 3.23. The molecule has 0 spiro atoms. The van der Waals surface area contributed by atoms with Gasteiger partial charge in [-0.05, 0) is 37.6 Å². The number of para-hydroxylation sites is 1. The number of alkyl halides is 2. The zero-order valence-corrected chi connectivity index (χ0v) is 13.3. The van der Waals surface area contributed by atoms with Crippen LogP contribution in [0.5, 0.6) is 11.5 Å². The van der Waals surface area contributed by atoms with Gasteiger partial charge in [-0.1, -0.05) is 30.3 Å². The van der Waals surface area contributed by atoms with E-state index < -0.39 is 6.61 Å². The molecular weight excluding hydrogens is 300 g/mol. The lowest BCUT2D eigenvalue weighted by atomic mass is 10.2. The molecule has 0 aliphatic rings. The maximum absolute atomic E-state index is 12.4. The Morgan fingerprint density at radius 2 is 1.61 bits per heavy atom. The van der Waals surface area contributed by atoms with Gasteiger partial charge in [-0.2, -0.15) is 8.78 Å². The first-order valence-electron chi connectivity index (χ1n) is 7.53. The van der Waals surface area contributed by atoms with Gasteiger partial charge in [0.1, 0.15) is 11.5 Å². The molecule has 0 saturated heterocycles. The third-order valence-corrected chi connectivity index (χ3v) is 3.13. The highest BCUT2D eigenvalue weighted by molar-refractivity contribution is 5.33. The molecule has 3 nitrogen and oxygen atoms in total. The van der Waals surface area contributed by atoms with Crippen LogP contribution in [0.25, 0.3) is 0 Å². The summed E-state index contributed by atoms with van der Waals surface area (Å²) in [6, 6.07) is 14.6. The van der Waals surface area contributed by atoms with Crippen molar-refractivity contribution in [3.8, 4) is 11.5 Å². The van der Waals surface area contributed by atoms with Crippen molar-refractivity contribution in [2.24, 2.45) is 0 Å². The first-order valence-corrected chi connectivity index (χ1v) is 7.53. The highest BCUT2D eigenvalue weighted by Gasteiger charge is 2.08. The van der Waals surface area contributed by atoms with Gasteiger partial charge in [-0.25, -0.2) is 0 Å². The minimum Gasteiger partial charge on any atom is -0.491 e. The van der Waals surface area contributed by atoms with E-state index in [-0.39, 0.29) is 11.9 Å². The van der Waals surface area contributed by atoms with Gasteiger partial charge >= 0.3 is 6.61 Å². The van der Waals surface area contributed by atoms with E-state index in [9.17, 15) is 8.78 Å². The molecule has 2 aromatic rings. The zero-order valence-electron chi connectivity index (χ0n) is 13.3. The number of rotatable bonds is 8. The fourth-order valence-corrected chi connectivity index (χ4v) is 2.16. The molecule has 0 saturated carbocycles. The van der Waals surface area contributed by atoms with Crippen LogP contribution in [0, 0.1) is 0 Å². The fraction of sp³-hybridized carbons (Fsp3) is 0.333. The summed E-state index contributed by atoms with van der Waals surface area (Å²) in [4.78, 5) is 0. The van der Waals surface area contributed by atoms with Crippen molar-refractivity contribution in [2.75, 3.05) is 0 Å². The van der Waals surface area contributed by atoms with Crippen LogP contribution >= 0.6 is 0 Å². The Morgan fingerprint density at radius 3 is 2.26 bits per heavy atom. The molecule has 1 N–H and O–H groups in total. The molecule has 0 unspecified atom stereocenters. The maximum atomic E-state index is 12.4. The SMILES string of the molecule is CC(C)Oc1ccc(CNCc2ccccc2OC(F)F)cc1. The summed E-state index contributed by atoms with van der Waals surface area (Å²) < 4.78 is 34.8. The molecule has 0 atom stereocenters. The van der Waals surface area contributed by atoms with Crippen LogP contribution in [-0.4, -0.2) is 12.7 Å². The van der Waals surface area contributed by atoms with Crippen LogP contribution in [0.2, 0.25) is 0 Å². The van der Waals surface area contributed by atoms with E-state index in [4.69, 9.17) is 4.74 Å². The minimum absolute atomic E-state index is 0.144. The van der Waals surface area contributed by atoms with Gasteiger partial charge in [0.25, 0.3) is 0 Å². The van der Waals surface area contributed by atoms with E-state index in [1.165, 1.54) is 0 Å². The van der Waals surface area contributed by atoms with Crippen molar-refractivity contribution >= 4 is 0 Å². The van der Waals surface area contributed by atoms with Gasteiger partial charge in [0.15, 0.2) is 0 Å². The maximum Gasteiger partial charge on any atom is 0.387 e. The topological polar surface area (TPSA) is 30.5 Å². The van der Waals surface area contributed by atoms with E-state index >= 15 is 0 Å². The zero-order chi connectivity index (χ0) is 16.7. The number of hydrogen-bond donors (Lipinski definition) is 1. The number of nitrogens with one attached hydrogen (secondary N) is 1. The number of benzene rings is 2. The highest BCUT2D eigenvalue weighted by atomic mass is 19.3. The van der Waals surface area contributed by atoms with Crippen molar-refractivity contribution in [3.63, 3.8) is 0 Å². The number of ether oxygens (including phenoxy) is 2. The van der Waals surface area contributed by atoms with Gasteiger partial charge in [0.2, 0.25) is 0 Å². The van der Waals surface area contributed by atoms with Crippen molar-refractivity contribution in [2.45, 2.75) is 39.7 Å². The second-order valence-corrected chi connectivity index (χ2v) is 5.40. The molecule has 23 heavy (non-hydrogen) atoms. The molecule has 0 radical (unpaired) electrons. The Hall–Kier alpha value is -2.14. The third kappa shape index (κ3) is 5.87. The van der Waals surface area contributed by atoms with Crippen LogP contribution in [0.1, 0.15) is 25.0 Å². The molecule has 0 aliphatic carbocycles. The first kappa shape index (κ1) is 17.2. The van der Waals surface area contributed by atoms with Gasteiger partial charge in [0.05, 0.1) is 6.10 Å². The second kappa shape index (κ2) is 8.48. The van der Waals surface area contributed by atoms with Crippen molar-refractivity contribution in [1.29, 1.82) is 0 Å². The number of halogens is 2. The monoisotopic (exact) mass is 321 g/mol. The predicted octanol–water partition coefficient (Wildman–Crippen LogP) is 4.37. The third-order valence-electron chi connectivity index (χ3n) is 3.13. The van der Waals surface area contributed by atoms with Crippen molar-refractivity contribution < 1.29 is 18.3 Å². The van der Waals surface area contributed by atoms with Crippen LogP contribution in [-0.2, 0) is 13.1 Å². The van der Waals surface area contributed by atoms with E-state index in [0.717, 1.165) is 11.3 Å². The molecule has 0 aromatic heterocycles. The van der Waals surface area contributed by atoms with Gasteiger partial charge < -0.3 is 14.8 Å². The Kier molecular flexibility index (Phi) is 6.35. The summed E-state index contributed by atoms with van der Waals surface area (Å²) in [6.07, 6.45) is 0.144. The lowest BCUT2D eigenvalue weighted by Crippen LogP contribution is -2.14. The Labute approximate surface area is 135 Å². The van der Waals surface area contributed by atoms with Gasteiger partial charge in [0, 0.05) is 18.7 Å². The predicted molar refractivity (Wildman–Crippen MR) is 85.8 cm³/mol. The summed E-state index contributed by atoms with van der Waals surface area (Å²) in [5.41, 5.74) is 1.79. The van der Waals surface area contributed by atoms with E-state index in [2.05, 4.69) is 10.1 Å². The van der Waals surface area contributed by atoms with E-state index in [0.29, 0.717) is 18.7 Å².